The van der Waals surface area contributed by atoms with Crippen LogP contribution >= 0.6 is 15.9 Å². The third-order valence-corrected chi connectivity index (χ3v) is 3.63. The number of carbonyl (C=O) groups is 1. The molecule has 98 valence electrons. The maximum Gasteiger partial charge on any atom is 0.248 e. The normalized spacial score (nSPS) is 16.7. The molecule has 2 rings (SSSR count). The molecule has 0 spiro atoms. The van der Waals surface area contributed by atoms with Gasteiger partial charge in [0.1, 0.15) is 0 Å². The number of hydrogen-bond acceptors (Lipinski definition) is 3. The summed E-state index contributed by atoms with van der Waals surface area (Å²) in [5, 5.41) is 0. The summed E-state index contributed by atoms with van der Waals surface area (Å²) >= 11 is 3.43. The van der Waals surface area contributed by atoms with Crippen LogP contribution in [0.15, 0.2) is 22.7 Å². The van der Waals surface area contributed by atoms with Gasteiger partial charge in [-0.25, -0.2) is 0 Å². The van der Waals surface area contributed by atoms with E-state index in [0.29, 0.717) is 5.56 Å². The predicted octanol–water partition coefficient (Wildman–Crippen LogP) is 1.42. The standard InChI is InChI=1S/C13H17BrN2O2/c14-11-1-2-12(13(15)17)10(9-11)3-4-16-5-7-18-8-6-16/h1-2,9H,3-8H2,(H2,15,17). The van der Waals surface area contributed by atoms with Gasteiger partial charge in [-0.3, -0.25) is 9.69 Å². The Kier molecular flexibility index (Phi) is 4.74. The number of carbonyl (C=O) groups excluding carboxylic acids is 1. The predicted molar refractivity (Wildman–Crippen MR) is 73.6 cm³/mol. The Hall–Kier alpha value is -0.910. The van der Waals surface area contributed by atoms with Gasteiger partial charge in [0.15, 0.2) is 0 Å². The number of nitrogens with two attached hydrogens (primary N) is 1. The second-order valence-corrected chi connectivity index (χ2v) is 5.29. The first-order valence-electron chi connectivity index (χ1n) is 6.05. The van der Waals surface area contributed by atoms with Crippen molar-refractivity contribution in [3.63, 3.8) is 0 Å². The van der Waals surface area contributed by atoms with Crippen LogP contribution in [0.25, 0.3) is 0 Å². The summed E-state index contributed by atoms with van der Waals surface area (Å²) < 4.78 is 6.29. The van der Waals surface area contributed by atoms with Gasteiger partial charge in [0.2, 0.25) is 5.91 Å². The van der Waals surface area contributed by atoms with Crippen LogP contribution in [-0.2, 0) is 11.2 Å². The van der Waals surface area contributed by atoms with Crippen molar-refractivity contribution >= 4 is 21.8 Å². The Morgan fingerprint density at radius 1 is 1.39 bits per heavy atom. The minimum absolute atomic E-state index is 0.362. The molecule has 1 heterocycles. The van der Waals surface area contributed by atoms with E-state index in [4.69, 9.17) is 10.5 Å². The minimum Gasteiger partial charge on any atom is -0.379 e. The summed E-state index contributed by atoms with van der Waals surface area (Å²) in [6.07, 6.45) is 0.831. The number of halogens is 1. The first kappa shape index (κ1) is 13.5. The van der Waals surface area contributed by atoms with E-state index in [2.05, 4.69) is 20.8 Å². The number of primary amides is 1. The van der Waals surface area contributed by atoms with Crippen LogP contribution in [-0.4, -0.2) is 43.7 Å². The molecule has 0 aliphatic carbocycles. The Morgan fingerprint density at radius 2 is 2.11 bits per heavy atom. The highest BCUT2D eigenvalue weighted by Crippen LogP contribution is 2.17. The van der Waals surface area contributed by atoms with E-state index in [1.807, 2.05) is 12.1 Å². The Bertz CT molecular complexity index is 431. The molecule has 0 radical (unpaired) electrons. The van der Waals surface area contributed by atoms with E-state index in [9.17, 15) is 4.79 Å². The van der Waals surface area contributed by atoms with E-state index in [0.717, 1.165) is 49.3 Å². The molecule has 1 saturated heterocycles. The number of ether oxygens (including phenoxy) is 1. The zero-order valence-electron chi connectivity index (χ0n) is 10.2. The molecule has 1 aromatic rings. The van der Waals surface area contributed by atoms with Crippen LogP contribution in [0.3, 0.4) is 0 Å². The molecule has 0 bridgehead atoms. The molecule has 2 N–H and O–H groups in total. The summed E-state index contributed by atoms with van der Waals surface area (Å²) in [4.78, 5) is 13.7. The number of rotatable bonds is 4. The number of hydrogen-bond donors (Lipinski definition) is 1. The van der Waals surface area contributed by atoms with E-state index >= 15 is 0 Å². The summed E-state index contributed by atoms with van der Waals surface area (Å²) in [6.45, 7) is 4.43. The van der Waals surface area contributed by atoms with Gasteiger partial charge in [-0.05, 0) is 30.2 Å². The number of benzene rings is 1. The van der Waals surface area contributed by atoms with Crippen LogP contribution in [0.4, 0.5) is 0 Å². The van der Waals surface area contributed by atoms with Gasteiger partial charge in [-0.1, -0.05) is 15.9 Å². The molecular formula is C13H17BrN2O2. The van der Waals surface area contributed by atoms with Crippen molar-refractivity contribution in [2.24, 2.45) is 5.73 Å². The summed E-state index contributed by atoms with van der Waals surface area (Å²) in [6, 6.07) is 5.60. The van der Waals surface area contributed by atoms with Crippen molar-refractivity contribution in [1.82, 2.24) is 4.90 Å². The Morgan fingerprint density at radius 3 is 2.78 bits per heavy atom. The Labute approximate surface area is 115 Å². The molecule has 1 fully saturated rings. The second kappa shape index (κ2) is 6.31. The van der Waals surface area contributed by atoms with Gasteiger partial charge >= 0.3 is 0 Å². The lowest BCUT2D eigenvalue weighted by Crippen LogP contribution is -2.37. The van der Waals surface area contributed by atoms with Crippen LogP contribution in [0.2, 0.25) is 0 Å². The molecule has 1 aromatic carbocycles. The van der Waals surface area contributed by atoms with E-state index in [-0.39, 0.29) is 5.91 Å². The van der Waals surface area contributed by atoms with Crippen LogP contribution < -0.4 is 5.73 Å². The molecule has 0 aromatic heterocycles. The smallest absolute Gasteiger partial charge is 0.248 e. The highest BCUT2D eigenvalue weighted by molar-refractivity contribution is 9.10. The zero-order valence-corrected chi connectivity index (χ0v) is 11.8. The summed E-state index contributed by atoms with van der Waals surface area (Å²) in [5.74, 6) is -0.362. The monoisotopic (exact) mass is 312 g/mol. The molecule has 4 nitrogen and oxygen atoms in total. The van der Waals surface area contributed by atoms with Crippen LogP contribution in [0, 0.1) is 0 Å². The SMILES string of the molecule is NC(=O)c1ccc(Br)cc1CCN1CCOCC1. The maximum absolute atomic E-state index is 11.4. The van der Waals surface area contributed by atoms with Gasteiger partial charge in [-0.2, -0.15) is 0 Å². The molecule has 18 heavy (non-hydrogen) atoms. The largest absolute Gasteiger partial charge is 0.379 e. The average molecular weight is 313 g/mol. The van der Waals surface area contributed by atoms with Gasteiger partial charge in [0.05, 0.1) is 13.2 Å². The topological polar surface area (TPSA) is 55.6 Å². The number of amides is 1. The molecule has 0 saturated carbocycles. The fourth-order valence-electron chi connectivity index (χ4n) is 2.11. The van der Waals surface area contributed by atoms with Crippen molar-refractivity contribution in [2.75, 3.05) is 32.8 Å². The third-order valence-electron chi connectivity index (χ3n) is 3.13. The van der Waals surface area contributed by atoms with Crippen LogP contribution in [0.5, 0.6) is 0 Å². The van der Waals surface area contributed by atoms with Crippen molar-refractivity contribution in [1.29, 1.82) is 0 Å². The van der Waals surface area contributed by atoms with Crippen molar-refractivity contribution in [2.45, 2.75) is 6.42 Å². The first-order chi connectivity index (χ1) is 8.66. The molecular weight excluding hydrogens is 296 g/mol. The average Bonchev–Trinajstić information content (AvgIpc) is 2.37. The van der Waals surface area contributed by atoms with E-state index in [1.54, 1.807) is 6.07 Å². The number of morpholine rings is 1. The minimum atomic E-state index is -0.362. The molecule has 0 atom stereocenters. The van der Waals surface area contributed by atoms with Gasteiger partial charge in [0.25, 0.3) is 0 Å². The molecule has 1 aliphatic heterocycles. The lowest BCUT2D eigenvalue weighted by Gasteiger charge is -2.26. The van der Waals surface area contributed by atoms with Crippen molar-refractivity contribution < 1.29 is 9.53 Å². The molecule has 1 aliphatic rings. The Balaban J connectivity index is 2.03. The molecule has 0 unspecified atom stereocenters. The van der Waals surface area contributed by atoms with Crippen molar-refractivity contribution in [3.8, 4) is 0 Å². The van der Waals surface area contributed by atoms with Gasteiger partial charge < -0.3 is 10.5 Å². The van der Waals surface area contributed by atoms with Gasteiger partial charge in [-0.15, -0.1) is 0 Å². The fraction of sp³-hybridized carbons (Fsp3) is 0.462. The quantitative estimate of drug-likeness (QED) is 0.915. The summed E-state index contributed by atoms with van der Waals surface area (Å²) in [7, 11) is 0. The highest BCUT2D eigenvalue weighted by atomic mass is 79.9. The van der Waals surface area contributed by atoms with Crippen molar-refractivity contribution in [3.05, 3.63) is 33.8 Å². The zero-order chi connectivity index (χ0) is 13.0. The first-order valence-corrected chi connectivity index (χ1v) is 6.84. The lowest BCUT2D eigenvalue weighted by atomic mass is 10.0. The second-order valence-electron chi connectivity index (χ2n) is 4.37. The van der Waals surface area contributed by atoms with E-state index < -0.39 is 0 Å². The summed E-state index contributed by atoms with van der Waals surface area (Å²) in [5.41, 5.74) is 7.01. The number of nitrogens with zero attached hydrogens (tertiary/aromatic N) is 1. The molecule has 5 heteroatoms. The van der Waals surface area contributed by atoms with Crippen LogP contribution in [0.1, 0.15) is 15.9 Å². The molecule has 1 amide bonds. The van der Waals surface area contributed by atoms with Gasteiger partial charge in [0, 0.05) is 29.7 Å². The highest BCUT2D eigenvalue weighted by Gasteiger charge is 2.13. The lowest BCUT2D eigenvalue weighted by molar-refractivity contribution is 0.0384. The fourth-order valence-corrected chi connectivity index (χ4v) is 2.52. The van der Waals surface area contributed by atoms with E-state index in [1.165, 1.54) is 0 Å². The third kappa shape index (κ3) is 3.54. The maximum atomic E-state index is 11.4.